The minimum absolute atomic E-state index is 0.0944. The Labute approximate surface area is 178 Å². The summed E-state index contributed by atoms with van der Waals surface area (Å²) in [7, 11) is 1.86. The summed E-state index contributed by atoms with van der Waals surface area (Å²) in [6.07, 6.45) is 5.35. The number of hydrogen-bond acceptors (Lipinski definition) is 5. The van der Waals surface area contributed by atoms with Crippen LogP contribution >= 0.6 is 22.9 Å². The molecule has 0 atom stereocenters. The van der Waals surface area contributed by atoms with Gasteiger partial charge in [-0.15, -0.1) is 11.3 Å². The second-order valence-electron chi connectivity index (χ2n) is 7.42. The molecule has 1 amide bonds. The lowest BCUT2D eigenvalue weighted by molar-refractivity contribution is 0.0487. The number of amides is 1. The van der Waals surface area contributed by atoms with Gasteiger partial charge < -0.3 is 10.1 Å². The van der Waals surface area contributed by atoms with Gasteiger partial charge in [0.1, 0.15) is 9.88 Å². The van der Waals surface area contributed by atoms with Gasteiger partial charge in [0, 0.05) is 49.0 Å². The summed E-state index contributed by atoms with van der Waals surface area (Å²) < 4.78 is 7.31. The normalized spacial score (nSPS) is 16.0. The quantitative estimate of drug-likeness (QED) is 0.664. The van der Waals surface area contributed by atoms with Crippen molar-refractivity contribution in [3.63, 3.8) is 0 Å². The lowest BCUT2D eigenvalue weighted by atomic mass is 9.74. The minimum atomic E-state index is -0.177. The standard InChI is InChI=1S/C21H23ClN4O2S/c1-14-18(29-20(25-14)15-11-24-26(2)12-15)19(27)23-13-21(6-8-28-9-7-21)16-4-3-5-17(22)10-16/h3-5,10-12H,6-9,13H2,1-2H3,(H,23,27). The van der Waals surface area contributed by atoms with E-state index in [1.807, 2.05) is 38.4 Å². The molecule has 3 aromatic rings. The average molecular weight is 431 g/mol. The molecule has 1 N–H and O–H groups in total. The Morgan fingerprint density at radius 3 is 2.86 bits per heavy atom. The largest absolute Gasteiger partial charge is 0.381 e. The highest BCUT2D eigenvalue weighted by Crippen LogP contribution is 2.36. The predicted molar refractivity (Wildman–Crippen MR) is 115 cm³/mol. The van der Waals surface area contributed by atoms with E-state index in [-0.39, 0.29) is 11.3 Å². The fourth-order valence-electron chi connectivity index (χ4n) is 3.74. The van der Waals surface area contributed by atoms with Crippen LogP contribution in [0.3, 0.4) is 0 Å². The number of nitrogens with one attached hydrogen (secondary N) is 1. The van der Waals surface area contributed by atoms with Crippen LogP contribution in [0.4, 0.5) is 0 Å². The van der Waals surface area contributed by atoms with Crippen LogP contribution in [-0.2, 0) is 17.2 Å². The van der Waals surface area contributed by atoms with Crippen molar-refractivity contribution in [3.8, 4) is 10.6 Å². The number of hydrogen-bond donors (Lipinski definition) is 1. The molecule has 0 spiro atoms. The molecule has 6 nitrogen and oxygen atoms in total. The SMILES string of the molecule is Cc1nc(-c2cnn(C)c2)sc1C(=O)NCC1(c2cccc(Cl)c2)CCOCC1. The number of carbonyl (C=O) groups is 1. The number of thiazole rings is 1. The van der Waals surface area contributed by atoms with Crippen LogP contribution in [0.5, 0.6) is 0 Å². The Kier molecular flexibility index (Phi) is 5.72. The van der Waals surface area contributed by atoms with Crippen molar-refractivity contribution in [3.05, 3.63) is 57.8 Å². The van der Waals surface area contributed by atoms with Crippen molar-refractivity contribution in [1.82, 2.24) is 20.1 Å². The number of carbonyl (C=O) groups excluding carboxylic acids is 1. The van der Waals surface area contributed by atoms with Crippen molar-refractivity contribution < 1.29 is 9.53 Å². The number of rotatable bonds is 5. The third-order valence-corrected chi connectivity index (χ3v) is 6.87. The summed E-state index contributed by atoms with van der Waals surface area (Å²) in [4.78, 5) is 18.2. The molecule has 1 aromatic carbocycles. The first-order valence-corrected chi connectivity index (χ1v) is 10.7. The minimum Gasteiger partial charge on any atom is -0.381 e. The first-order valence-electron chi connectivity index (χ1n) is 9.55. The molecule has 29 heavy (non-hydrogen) atoms. The maximum atomic E-state index is 13.0. The topological polar surface area (TPSA) is 69.0 Å². The summed E-state index contributed by atoms with van der Waals surface area (Å²) >= 11 is 7.63. The van der Waals surface area contributed by atoms with Crippen molar-refractivity contribution >= 4 is 28.8 Å². The van der Waals surface area contributed by atoms with E-state index in [0.29, 0.717) is 29.7 Å². The van der Waals surface area contributed by atoms with Crippen LogP contribution in [0.1, 0.15) is 33.8 Å². The highest BCUT2D eigenvalue weighted by atomic mass is 35.5. The van der Waals surface area contributed by atoms with Crippen LogP contribution in [0.25, 0.3) is 10.6 Å². The monoisotopic (exact) mass is 430 g/mol. The molecule has 0 unspecified atom stereocenters. The van der Waals surface area contributed by atoms with Crippen LogP contribution in [0.15, 0.2) is 36.7 Å². The summed E-state index contributed by atoms with van der Waals surface area (Å²) in [6, 6.07) is 7.92. The third kappa shape index (κ3) is 4.22. The van der Waals surface area contributed by atoms with E-state index < -0.39 is 0 Å². The molecule has 152 valence electrons. The van der Waals surface area contributed by atoms with Crippen LogP contribution < -0.4 is 5.32 Å². The molecular formula is C21H23ClN4O2S. The summed E-state index contributed by atoms with van der Waals surface area (Å²) in [6.45, 7) is 3.75. The van der Waals surface area contributed by atoms with Gasteiger partial charge in [-0.3, -0.25) is 9.48 Å². The van der Waals surface area contributed by atoms with Crippen LogP contribution in [0.2, 0.25) is 5.02 Å². The van der Waals surface area contributed by atoms with E-state index >= 15 is 0 Å². The van der Waals surface area contributed by atoms with Crippen molar-refractivity contribution in [2.75, 3.05) is 19.8 Å². The number of aromatic nitrogens is 3. The number of halogens is 1. The molecule has 1 aliphatic heterocycles. The number of aryl methyl sites for hydroxylation is 2. The molecule has 3 heterocycles. The van der Waals surface area contributed by atoms with E-state index in [9.17, 15) is 4.79 Å². The summed E-state index contributed by atoms with van der Waals surface area (Å²) in [5.41, 5.74) is 2.61. The maximum absolute atomic E-state index is 13.0. The van der Waals surface area contributed by atoms with Gasteiger partial charge >= 0.3 is 0 Å². The zero-order chi connectivity index (χ0) is 20.4. The van der Waals surface area contributed by atoms with Gasteiger partial charge in [0.25, 0.3) is 5.91 Å². The van der Waals surface area contributed by atoms with Gasteiger partial charge in [0.2, 0.25) is 0 Å². The lowest BCUT2D eigenvalue weighted by Crippen LogP contribution is -2.44. The van der Waals surface area contributed by atoms with Crippen molar-refractivity contribution in [1.29, 1.82) is 0 Å². The van der Waals surface area contributed by atoms with Gasteiger partial charge in [-0.2, -0.15) is 5.10 Å². The average Bonchev–Trinajstić information content (AvgIpc) is 3.32. The van der Waals surface area contributed by atoms with Gasteiger partial charge in [0.05, 0.1) is 11.9 Å². The molecule has 8 heteroatoms. The molecular weight excluding hydrogens is 408 g/mol. The van der Waals surface area contributed by atoms with Gasteiger partial charge in [0.15, 0.2) is 0 Å². The van der Waals surface area contributed by atoms with Crippen LogP contribution in [0, 0.1) is 6.92 Å². The molecule has 0 bridgehead atoms. The first-order chi connectivity index (χ1) is 14.0. The molecule has 2 aromatic heterocycles. The zero-order valence-corrected chi connectivity index (χ0v) is 18.0. The maximum Gasteiger partial charge on any atom is 0.263 e. The molecule has 1 saturated heterocycles. The highest BCUT2D eigenvalue weighted by molar-refractivity contribution is 7.17. The molecule has 0 aliphatic carbocycles. The van der Waals surface area contributed by atoms with E-state index in [0.717, 1.165) is 34.7 Å². The van der Waals surface area contributed by atoms with E-state index in [1.165, 1.54) is 11.3 Å². The van der Waals surface area contributed by atoms with Gasteiger partial charge in [-0.25, -0.2) is 4.98 Å². The molecule has 1 fully saturated rings. The Hall–Kier alpha value is -2.22. The number of nitrogens with zero attached hydrogens (tertiary/aromatic N) is 3. The van der Waals surface area contributed by atoms with Gasteiger partial charge in [-0.05, 0) is 37.5 Å². The number of benzene rings is 1. The van der Waals surface area contributed by atoms with E-state index in [2.05, 4.69) is 21.5 Å². The molecule has 4 rings (SSSR count). The Balaban J connectivity index is 1.54. The highest BCUT2D eigenvalue weighted by Gasteiger charge is 2.35. The summed E-state index contributed by atoms with van der Waals surface area (Å²) in [5, 5.41) is 8.84. The zero-order valence-electron chi connectivity index (χ0n) is 16.4. The van der Waals surface area contributed by atoms with Crippen molar-refractivity contribution in [2.45, 2.75) is 25.2 Å². The Morgan fingerprint density at radius 2 is 2.17 bits per heavy atom. The fraction of sp³-hybridized carbons (Fsp3) is 0.381. The molecule has 0 saturated carbocycles. The second kappa shape index (κ2) is 8.26. The first kappa shape index (κ1) is 20.1. The van der Waals surface area contributed by atoms with Gasteiger partial charge in [-0.1, -0.05) is 23.7 Å². The van der Waals surface area contributed by atoms with E-state index in [4.69, 9.17) is 16.3 Å². The third-order valence-electron chi connectivity index (χ3n) is 5.43. The lowest BCUT2D eigenvalue weighted by Gasteiger charge is -2.38. The fourth-order valence-corrected chi connectivity index (χ4v) is 4.89. The smallest absolute Gasteiger partial charge is 0.263 e. The molecule has 1 aliphatic rings. The Bertz CT molecular complexity index is 1020. The summed E-state index contributed by atoms with van der Waals surface area (Å²) in [5.74, 6) is -0.0944. The predicted octanol–water partition coefficient (Wildman–Crippen LogP) is 3.98. The van der Waals surface area contributed by atoms with Crippen LogP contribution in [-0.4, -0.2) is 40.4 Å². The molecule has 0 radical (unpaired) electrons. The second-order valence-corrected chi connectivity index (χ2v) is 8.86. The van der Waals surface area contributed by atoms with E-state index in [1.54, 1.807) is 10.9 Å². The Morgan fingerprint density at radius 1 is 1.38 bits per heavy atom. The number of ether oxygens (including phenoxy) is 1. The van der Waals surface area contributed by atoms with Crippen molar-refractivity contribution in [2.24, 2.45) is 7.05 Å².